The summed E-state index contributed by atoms with van der Waals surface area (Å²) in [6.45, 7) is 0. The number of fused-ring (bicyclic) bond motifs is 1. The first-order valence-corrected chi connectivity index (χ1v) is 3.98. The van der Waals surface area contributed by atoms with E-state index in [9.17, 15) is 9.90 Å². The van der Waals surface area contributed by atoms with Crippen molar-refractivity contribution in [3.05, 3.63) is 23.9 Å². The van der Waals surface area contributed by atoms with Crippen LogP contribution in [0, 0.1) is 0 Å². The summed E-state index contributed by atoms with van der Waals surface area (Å²) in [6, 6.07) is 4.60. The highest BCUT2D eigenvalue weighted by Gasteiger charge is 2.13. The molecule has 5 nitrogen and oxygen atoms in total. The van der Waals surface area contributed by atoms with Gasteiger partial charge in [-0.15, -0.1) is 0 Å². The molecule has 0 radical (unpaired) electrons. The highest BCUT2D eigenvalue weighted by molar-refractivity contribution is 6.02. The normalized spacial score (nSPS) is 10.4. The van der Waals surface area contributed by atoms with Crippen LogP contribution < -0.4 is 0 Å². The van der Waals surface area contributed by atoms with Crippen molar-refractivity contribution >= 4 is 16.9 Å². The predicted molar refractivity (Wildman–Crippen MR) is 49.1 cm³/mol. The van der Waals surface area contributed by atoms with Gasteiger partial charge in [0.25, 0.3) is 0 Å². The third-order valence-corrected chi connectivity index (χ3v) is 1.93. The van der Waals surface area contributed by atoms with E-state index in [1.807, 2.05) is 0 Å². The Bertz CT molecular complexity index is 490. The Balaban J connectivity index is 2.64. The molecule has 0 unspecified atom stereocenters. The molecular formula is C9H8N2O3. The maximum absolute atomic E-state index is 11.2. The van der Waals surface area contributed by atoms with Gasteiger partial charge >= 0.3 is 5.97 Å². The van der Waals surface area contributed by atoms with Crippen molar-refractivity contribution in [2.45, 2.75) is 0 Å². The molecule has 0 saturated carbocycles. The number of nitrogens with one attached hydrogen (secondary N) is 1. The molecule has 0 spiro atoms. The van der Waals surface area contributed by atoms with Gasteiger partial charge in [-0.2, -0.15) is 5.10 Å². The van der Waals surface area contributed by atoms with Gasteiger partial charge in [0, 0.05) is 11.5 Å². The molecule has 72 valence electrons. The summed E-state index contributed by atoms with van der Waals surface area (Å²) in [5.41, 5.74) is 0.827. The van der Waals surface area contributed by atoms with Gasteiger partial charge < -0.3 is 9.84 Å². The Morgan fingerprint density at radius 3 is 3.07 bits per heavy atom. The predicted octanol–water partition coefficient (Wildman–Crippen LogP) is 1.06. The number of benzene rings is 1. The highest BCUT2D eigenvalue weighted by Crippen LogP contribution is 2.20. The number of carbonyl (C=O) groups excluding carboxylic acids is 1. The molecule has 1 aromatic carbocycles. The number of ether oxygens (including phenoxy) is 1. The molecule has 1 heterocycles. The Morgan fingerprint density at radius 2 is 2.36 bits per heavy atom. The molecular weight excluding hydrogens is 184 g/mol. The average Bonchev–Trinajstić information content (AvgIpc) is 2.59. The van der Waals surface area contributed by atoms with Crippen LogP contribution in [0.25, 0.3) is 10.9 Å². The molecule has 14 heavy (non-hydrogen) atoms. The van der Waals surface area contributed by atoms with Gasteiger partial charge in [-0.25, -0.2) is 4.79 Å². The minimum atomic E-state index is -0.498. The molecule has 2 aromatic rings. The Kier molecular flexibility index (Phi) is 1.85. The zero-order valence-electron chi connectivity index (χ0n) is 7.44. The summed E-state index contributed by atoms with van der Waals surface area (Å²) in [4.78, 5) is 11.2. The van der Waals surface area contributed by atoms with E-state index in [0.29, 0.717) is 10.9 Å². The second kappa shape index (κ2) is 3.02. The first-order chi connectivity index (χ1) is 6.72. The molecule has 2 N–H and O–H groups in total. The SMILES string of the molecule is COC(=O)c1n[nH]c2cc(O)ccc12. The molecule has 0 aliphatic rings. The molecule has 0 aliphatic carbocycles. The fraction of sp³-hybridized carbons (Fsp3) is 0.111. The van der Waals surface area contributed by atoms with Crippen LogP contribution in [0.1, 0.15) is 10.5 Å². The third-order valence-electron chi connectivity index (χ3n) is 1.93. The van der Waals surface area contributed by atoms with Crippen molar-refractivity contribution in [2.75, 3.05) is 7.11 Å². The number of hydrogen-bond donors (Lipinski definition) is 2. The molecule has 0 fully saturated rings. The first kappa shape index (κ1) is 8.55. The van der Waals surface area contributed by atoms with Crippen LogP contribution in [0.3, 0.4) is 0 Å². The van der Waals surface area contributed by atoms with E-state index in [2.05, 4.69) is 14.9 Å². The maximum atomic E-state index is 11.2. The van der Waals surface area contributed by atoms with Crippen molar-refractivity contribution < 1.29 is 14.6 Å². The molecule has 0 atom stereocenters. The quantitative estimate of drug-likeness (QED) is 0.662. The van der Waals surface area contributed by atoms with Crippen LogP contribution in [-0.2, 0) is 4.74 Å². The van der Waals surface area contributed by atoms with Crippen molar-refractivity contribution in [2.24, 2.45) is 0 Å². The van der Waals surface area contributed by atoms with Crippen LogP contribution in [0.15, 0.2) is 18.2 Å². The van der Waals surface area contributed by atoms with Gasteiger partial charge in [0.15, 0.2) is 5.69 Å². The molecule has 0 amide bonds. The van der Waals surface area contributed by atoms with Crippen molar-refractivity contribution in [3.63, 3.8) is 0 Å². The lowest BCUT2D eigenvalue weighted by Gasteiger charge is -1.94. The number of carbonyl (C=O) groups is 1. The van der Waals surface area contributed by atoms with Gasteiger partial charge in [0.2, 0.25) is 0 Å². The van der Waals surface area contributed by atoms with Gasteiger partial charge in [-0.05, 0) is 12.1 Å². The number of aromatic amines is 1. The zero-order valence-corrected chi connectivity index (χ0v) is 7.44. The number of esters is 1. The van der Waals surface area contributed by atoms with Crippen LogP contribution >= 0.6 is 0 Å². The lowest BCUT2D eigenvalue weighted by molar-refractivity contribution is 0.0596. The lowest BCUT2D eigenvalue weighted by atomic mass is 10.2. The number of nitrogens with zero attached hydrogens (tertiary/aromatic N) is 1. The van der Waals surface area contributed by atoms with Crippen LogP contribution in [0.5, 0.6) is 5.75 Å². The smallest absolute Gasteiger partial charge is 0.359 e. The highest BCUT2D eigenvalue weighted by atomic mass is 16.5. The van der Waals surface area contributed by atoms with Crippen molar-refractivity contribution in [3.8, 4) is 5.75 Å². The summed E-state index contributed by atoms with van der Waals surface area (Å²) in [5, 5.41) is 16.2. The molecule has 0 saturated heterocycles. The number of hydrogen-bond acceptors (Lipinski definition) is 4. The number of aromatic nitrogens is 2. The number of methoxy groups -OCH3 is 1. The van der Waals surface area contributed by atoms with Crippen molar-refractivity contribution in [1.82, 2.24) is 10.2 Å². The molecule has 5 heteroatoms. The van der Waals surface area contributed by atoms with E-state index in [1.165, 1.54) is 19.2 Å². The van der Waals surface area contributed by atoms with E-state index in [4.69, 9.17) is 0 Å². The zero-order chi connectivity index (χ0) is 10.1. The fourth-order valence-electron chi connectivity index (χ4n) is 1.26. The van der Waals surface area contributed by atoms with Crippen LogP contribution in [0.2, 0.25) is 0 Å². The summed E-state index contributed by atoms with van der Waals surface area (Å²) in [6.07, 6.45) is 0. The molecule has 1 aromatic heterocycles. The Labute approximate surface area is 79.3 Å². The number of phenolic OH excluding ortho intramolecular Hbond substituents is 1. The minimum Gasteiger partial charge on any atom is -0.508 e. The van der Waals surface area contributed by atoms with E-state index in [0.717, 1.165) is 0 Å². The van der Waals surface area contributed by atoms with Gasteiger partial charge in [-0.1, -0.05) is 0 Å². The second-order valence-corrected chi connectivity index (χ2v) is 2.79. The van der Waals surface area contributed by atoms with E-state index < -0.39 is 5.97 Å². The van der Waals surface area contributed by atoms with Crippen molar-refractivity contribution in [1.29, 1.82) is 0 Å². The Hall–Kier alpha value is -2.04. The number of H-pyrrole nitrogens is 1. The second-order valence-electron chi connectivity index (χ2n) is 2.79. The van der Waals surface area contributed by atoms with E-state index in [-0.39, 0.29) is 11.4 Å². The number of phenols is 1. The topological polar surface area (TPSA) is 75.2 Å². The molecule has 0 aliphatic heterocycles. The summed E-state index contributed by atoms with van der Waals surface area (Å²) >= 11 is 0. The monoisotopic (exact) mass is 192 g/mol. The van der Waals surface area contributed by atoms with Gasteiger partial charge in [0.1, 0.15) is 5.75 Å². The number of aromatic hydroxyl groups is 1. The van der Waals surface area contributed by atoms with Crippen LogP contribution in [-0.4, -0.2) is 28.4 Å². The standard InChI is InChI=1S/C9H8N2O3/c1-14-9(13)8-6-3-2-5(12)4-7(6)10-11-8/h2-4,12H,1H3,(H,10,11). The third kappa shape index (κ3) is 1.19. The largest absolute Gasteiger partial charge is 0.508 e. The van der Waals surface area contributed by atoms with Crippen LogP contribution in [0.4, 0.5) is 0 Å². The molecule has 2 rings (SSSR count). The minimum absolute atomic E-state index is 0.123. The maximum Gasteiger partial charge on any atom is 0.359 e. The van der Waals surface area contributed by atoms with E-state index >= 15 is 0 Å². The fourth-order valence-corrected chi connectivity index (χ4v) is 1.26. The molecule has 0 bridgehead atoms. The lowest BCUT2D eigenvalue weighted by Crippen LogP contribution is -2.01. The van der Waals surface area contributed by atoms with Gasteiger partial charge in [0.05, 0.1) is 12.6 Å². The number of rotatable bonds is 1. The Morgan fingerprint density at radius 1 is 1.57 bits per heavy atom. The average molecular weight is 192 g/mol. The summed E-state index contributed by atoms with van der Waals surface area (Å²) in [5.74, 6) is -0.375. The first-order valence-electron chi connectivity index (χ1n) is 3.98. The summed E-state index contributed by atoms with van der Waals surface area (Å²) < 4.78 is 4.55. The summed E-state index contributed by atoms with van der Waals surface area (Å²) in [7, 11) is 1.29. The van der Waals surface area contributed by atoms with Gasteiger partial charge in [-0.3, -0.25) is 5.10 Å². The van der Waals surface area contributed by atoms with E-state index in [1.54, 1.807) is 6.07 Å².